The van der Waals surface area contributed by atoms with Gasteiger partial charge >= 0.3 is 5.97 Å². The Morgan fingerprint density at radius 3 is 2.57 bits per heavy atom. The van der Waals surface area contributed by atoms with E-state index in [1.165, 1.54) is 6.26 Å². The summed E-state index contributed by atoms with van der Waals surface area (Å²) in [6.07, 6.45) is 3.14. The number of nitrogens with zero attached hydrogens (tertiary/aromatic N) is 1. The number of carbonyl (C=O) groups excluding carboxylic acids is 1. The molecule has 0 fully saturated rings. The molecule has 124 valence electrons. The lowest BCUT2D eigenvalue weighted by atomic mass is 10.1. The van der Waals surface area contributed by atoms with Gasteiger partial charge in [-0.15, -0.1) is 11.3 Å². The molecule has 2 rings (SSSR count). The fourth-order valence-electron chi connectivity index (χ4n) is 2.01. The van der Waals surface area contributed by atoms with Gasteiger partial charge in [-0.25, -0.2) is 18.2 Å². The standard InChI is InChI=1S/C16H19NO4S2/c1-3-4-15-17-14(10-22-15)9-21-16(18)13-7-5-12(6-8-13)11-23(2,19)20/h5-8,10H,3-4,9,11H2,1-2H3. The lowest BCUT2D eigenvalue weighted by Gasteiger charge is -2.04. The number of esters is 1. The molecule has 23 heavy (non-hydrogen) atoms. The van der Waals surface area contributed by atoms with Gasteiger partial charge < -0.3 is 4.74 Å². The molecule has 0 saturated heterocycles. The summed E-state index contributed by atoms with van der Waals surface area (Å²) in [5.41, 5.74) is 1.79. The van der Waals surface area contributed by atoms with Gasteiger partial charge in [-0.1, -0.05) is 19.1 Å². The summed E-state index contributed by atoms with van der Waals surface area (Å²) in [7, 11) is -3.08. The minimum Gasteiger partial charge on any atom is -0.456 e. The normalized spacial score (nSPS) is 11.4. The maximum atomic E-state index is 12.0. The van der Waals surface area contributed by atoms with Crippen LogP contribution in [-0.2, 0) is 33.4 Å². The molecule has 0 unspecified atom stereocenters. The van der Waals surface area contributed by atoms with Crippen LogP contribution in [0.3, 0.4) is 0 Å². The van der Waals surface area contributed by atoms with Crippen LogP contribution in [0.25, 0.3) is 0 Å². The highest BCUT2D eigenvalue weighted by Gasteiger charge is 2.10. The predicted molar refractivity (Wildman–Crippen MR) is 90.2 cm³/mol. The van der Waals surface area contributed by atoms with Gasteiger partial charge in [0.15, 0.2) is 9.84 Å². The number of ether oxygens (including phenoxy) is 1. The number of rotatable bonds is 7. The van der Waals surface area contributed by atoms with Crippen molar-refractivity contribution in [2.45, 2.75) is 32.1 Å². The zero-order valence-corrected chi connectivity index (χ0v) is 14.7. The van der Waals surface area contributed by atoms with Gasteiger partial charge in [0.25, 0.3) is 0 Å². The zero-order valence-electron chi connectivity index (χ0n) is 13.1. The minimum atomic E-state index is -3.08. The highest BCUT2D eigenvalue weighted by Crippen LogP contribution is 2.14. The predicted octanol–water partition coefficient (Wildman–Crippen LogP) is 3.00. The van der Waals surface area contributed by atoms with Gasteiger partial charge in [0.1, 0.15) is 6.61 Å². The highest BCUT2D eigenvalue weighted by atomic mass is 32.2. The molecule has 0 aliphatic rings. The Kier molecular flexibility index (Phi) is 5.90. The Balaban J connectivity index is 1.92. The average Bonchev–Trinajstić information content (AvgIpc) is 2.92. The molecule has 5 nitrogen and oxygen atoms in total. The van der Waals surface area contributed by atoms with Crippen molar-refractivity contribution in [2.24, 2.45) is 0 Å². The number of aryl methyl sites for hydroxylation is 1. The van der Waals surface area contributed by atoms with Gasteiger partial charge in [-0.3, -0.25) is 0 Å². The molecule has 0 aliphatic heterocycles. The first-order valence-electron chi connectivity index (χ1n) is 7.24. The monoisotopic (exact) mass is 353 g/mol. The Morgan fingerprint density at radius 1 is 1.26 bits per heavy atom. The summed E-state index contributed by atoms with van der Waals surface area (Å²) in [5.74, 6) is -0.484. The van der Waals surface area contributed by atoms with Crippen molar-refractivity contribution in [2.75, 3.05) is 6.26 Å². The molecule has 0 aliphatic carbocycles. The van der Waals surface area contributed by atoms with E-state index in [0.29, 0.717) is 11.1 Å². The van der Waals surface area contributed by atoms with Crippen LogP contribution in [0.2, 0.25) is 0 Å². The number of thiazole rings is 1. The summed E-state index contributed by atoms with van der Waals surface area (Å²) in [4.78, 5) is 16.4. The van der Waals surface area contributed by atoms with Crippen molar-refractivity contribution in [1.82, 2.24) is 4.98 Å². The molecule has 0 atom stereocenters. The summed E-state index contributed by atoms with van der Waals surface area (Å²) >= 11 is 1.57. The van der Waals surface area contributed by atoms with Gasteiger partial charge in [0.05, 0.1) is 22.0 Å². The second-order valence-electron chi connectivity index (χ2n) is 5.33. The van der Waals surface area contributed by atoms with Crippen molar-refractivity contribution in [1.29, 1.82) is 0 Å². The summed E-state index contributed by atoms with van der Waals surface area (Å²) in [6, 6.07) is 6.40. The third kappa shape index (κ3) is 5.76. The lowest BCUT2D eigenvalue weighted by molar-refractivity contribution is 0.0468. The van der Waals surface area contributed by atoms with Gasteiger partial charge in [-0.05, 0) is 30.5 Å². The number of benzene rings is 1. The van der Waals surface area contributed by atoms with Gasteiger partial charge in [-0.2, -0.15) is 0 Å². The molecule has 0 amide bonds. The van der Waals surface area contributed by atoms with Crippen LogP contribution in [0.15, 0.2) is 29.6 Å². The fourth-order valence-corrected chi connectivity index (χ4v) is 3.69. The van der Waals surface area contributed by atoms with Crippen LogP contribution in [0, 0.1) is 0 Å². The Bertz CT molecular complexity index is 764. The van der Waals surface area contributed by atoms with Gasteiger partial charge in [0.2, 0.25) is 0 Å². The van der Waals surface area contributed by atoms with Crippen LogP contribution < -0.4 is 0 Å². The smallest absolute Gasteiger partial charge is 0.338 e. The Morgan fingerprint density at radius 2 is 1.96 bits per heavy atom. The molecule has 0 radical (unpaired) electrons. The van der Waals surface area contributed by atoms with E-state index in [1.807, 2.05) is 5.38 Å². The molecule has 2 aromatic rings. The number of carbonyl (C=O) groups is 1. The SMILES string of the molecule is CCCc1nc(COC(=O)c2ccc(CS(C)(=O)=O)cc2)cs1. The van der Waals surface area contributed by atoms with Crippen molar-refractivity contribution < 1.29 is 17.9 Å². The highest BCUT2D eigenvalue weighted by molar-refractivity contribution is 7.89. The van der Waals surface area contributed by atoms with Gasteiger partial charge in [0, 0.05) is 11.6 Å². The van der Waals surface area contributed by atoms with E-state index in [1.54, 1.807) is 35.6 Å². The van der Waals surface area contributed by atoms with Crippen LogP contribution in [0.4, 0.5) is 0 Å². The van der Waals surface area contributed by atoms with Crippen molar-refractivity contribution in [3.8, 4) is 0 Å². The number of hydrogen-bond donors (Lipinski definition) is 0. The Labute approximate surface area is 140 Å². The molecular formula is C16H19NO4S2. The van der Waals surface area contributed by atoms with E-state index in [-0.39, 0.29) is 12.4 Å². The summed E-state index contributed by atoms with van der Waals surface area (Å²) in [6.45, 7) is 2.23. The topological polar surface area (TPSA) is 73.3 Å². The molecule has 0 N–H and O–H groups in total. The molecule has 0 saturated carbocycles. The molecule has 1 aromatic heterocycles. The number of aromatic nitrogens is 1. The van der Waals surface area contributed by atoms with E-state index in [4.69, 9.17) is 4.74 Å². The third-order valence-electron chi connectivity index (χ3n) is 3.03. The molecule has 1 aromatic carbocycles. The fraction of sp³-hybridized carbons (Fsp3) is 0.375. The van der Waals surface area contributed by atoms with E-state index in [0.717, 1.165) is 23.5 Å². The number of sulfone groups is 1. The molecule has 1 heterocycles. The van der Waals surface area contributed by atoms with Crippen molar-refractivity contribution in [3.05, 3.63) is 51.5 Å². The maximum absolute atomic E-state index is 12.0. The zero-order chi connectivity index (χ0) is 16.9. The van der Waals surface area contributed by atoms with Crippen LogP contribution in [0.1, 0.15) is 40.0 Å². The summed E-state index contributed by atoms with van der Waals surface area (Å²) < 4.78 is 27.7. The maximum Gasteiger partial charge on any atom is 0.338 e. The van der Waals surface area contributed by atoms with E-state index in [9.17, 15) is 13.2 Å². The quantitative estimate of drug-likeness (QED) is 0.716. The Hall–Kier alpha value is -1.73. The van der Waals surface area contributed by atoms with Crippen LogP contribution in [-0.4, -0.2) is 25.6 Å². The van der Waals surface area contributed by atoms with Crippen molar-refractivity contribution in [3.63, 3.8) is 0 Å². The van der Waals surface area contributed by atoms with Crippen LogP contribution >= 0.6 is 11.3 Å². The molecule has 0 bridgehead atoms. The first kappa shape index (κ1) is 17.6. The second kappa shape index (κ2) is 7.70. The molecular weight excluding hydrogens is 334 g/mol. The summed E-state index contributed by atoms with van der Waals surface area (Å²) in [5, 5.41) is 2.94. The van der Waals surface area contributed by atoms with Crippen LogP contribution in [0.5, 0.6) is 0 Å². The molecule has 0 spiro atoms. The lowest BCUT2D eigenvalue weighted by Crippen LogP contribution is -2.06. The van der Waals surface area contributed by atoms with E-state index in [2.05, 4.69) is 11.9 Å². The van der Waals surface area contributed by atoms with E-state index >= 15 is 0 Å². The third-order valence-corrected chi connectivity index (χ3v) is 4.85. The molecule has 7 heteroatoms. The average molecular weight is 353 g/mol. The first-order chi connectivity index (χ1) is 10.9. The van der Waals surface area contributed by atoms with E-state index < -0.39 is 15.8 Å². The first-order valence-corrected chi connectivity index (χ1v) is 10.2. The second-order valence-corrected chi connectivity index (χ2v) is 8.41. The van der Waals surface area contributed by atoms with Crippen molar-refractivity contribution >= 4 is 27.1 Å². The largest absolute Gasteiger partial charge is 0.456 e. The minimum absolute atomic E-state index is 0.0403. The number of hydrogen-bond acceptors (Lipinski definition) is 6.